The molecule has 0 aliphatic heterocycles. The van der Waals surface area contributed by atoms with Gasteiger partial charge in [0.05, 0.1) is 10.8 Å². The number of halogens is 1. The Morgan fingerprint density at radius 1 is 1.31 bits per heavy atom. The van der Waals surface area contributed by atoms with Crippen molar-refractivity contribution >= 4 is 17.7 Å². The maximum absolute atomic E-state index is 13.8. The normalized spacial score (nSPS) is 24.2. The number of hydrogen-bond acceptors (Lipinski definition) is 5. The fourth-order valence-electron chi connectivity index (χ4n) is 3.29. The lowest BCUT2D eigenvalue weighted by Gasteiger charge is -2.35. The molecule has 0 unspecified atom stereocenters. The van der Waals surface area contributed by atoms with E-state index in [0.29, 0.717) is 11.8 Å². The second-order valence-corrected chi connectivity index (χ2v) is 8.29. The zero-order chi connectivity index (χ0) is 18.7. The topological polar surface area (TPSA) is 68.0 Å². The van der Waals surface area contributed by atoms with Gasteiger partial charge in [-0.3, -0.25) is 4.79 Å². The zero-order valence-electron chi connectivity index (χ0n) is 15.2. The van der Waals surface area contributed by atoms with Gasteiger partial charge < -0.3 is 9.73 Å². The Kier molecular flexibility index (Phi) is 5.96. The van der Waals surface area contributed by atoms with E-state index >= 15 is 0 Å². The first-order chi connectivity index (χ1) is 12.5. The zero-order valence-corrected chi connectivity index (χ0v) is 16.1. The number of amides is 1. The maximum atomic E-state index is 13.8. The summed E-state index contributed by atoms with van der Waals surface area (Å²) < 4.78 is 19.3. The molecule has 1 N–H and O–H groups in total. The number of benzene rings is 1. The monoisotopic (exact) mass is 377 g/mol. The van der Waals surface area contributed by atoms with Gasteiger partial charge >= 0.3 is 0 Å². The van der Waals surface area contributed by atoms with Crippen molar-refractivity contribution in [3.05, 3.63) is 30.1 Å². The van der Waals surface area contributed by atoms with Gasteiger partial charge in [0.25, 0.3) is 11.1 Å². The van der Waals surface area contributed by atoms with E-state index in [0.717, 1.165) is 12.8 Å². The van der Waals surface area contributed by atoms with E-state index in [2.05, 4.69) is 29.4 Å². The second kappa shape index (κ2) is 8.20. The SMILES string of the molecule is C[C@@H]1[C@H](C)CCC[C@H]1NC(=O)[C@@H](C)Sc1nnc(-c2ccccc2F)o1. The van der Waals surface area contributed by atoms with Crippen LogP contribution in [0.3, 0.4) is 0 Å². The van der Waals surface area contributed by atoms with Gasteiger partial charge in [-0.1, -0.05) is 50.6 Å². The molecule has 5 nitrogen and oxygen atoms in total. The summed E-state index contributed by atoms with van der Waals surface area (Å²) in [5.74, 6) is 0.760. The fourth-order valence-corrected chi connectivity index (χ4v) is 3.98. The molecule has 1 saturated carbocycles. The molecule has 2 aromatic rings. The molecule has 0 spiro atoms. The van der Waals surface area contributed by atoms with Crippen molar-refractivity contribution in [3.63, 3.8) is 0 Å². The average Bonchev–Trinajstić information content (AvgIpc) is 3.07. The summed E-state index contributed by atoms with van der Waals surface area (Å²) in [4.78, 5) is 12.5. The first kappa shape index (κ1) is 18.9. The lowest BCUT2D eigenvalue weighted by Crippen LogP contribution is -2.46. The molecular formula is C19H24FN3O2S. The van der Waals surface area contributed by atoms with Gasteiger partial charge in [-0.05, 0) is 37.3 Å². The van der Waals surface area contributed by atoms with Gasteiger partial charge in [0.1, 0.15) is 5.82 Å². The standard InChI is InChI=1S/C19H24FN3O2S/c1-11-7-6-10-16(12(11)2)21-17(24)13(3)26-19-23-22-18(25-19)14-8-4-5-9-15(14)20/h4-5,8-9,11-13,16H,6-7,10H2,1-3H3,(H,21,24)/t11-,12-,13-,16-/m1/s1. The van der Waals surface area contributed by atoms with Gasteiger partial charge in [0.2, 0.25) is 5.91 Å². The molecule has 26 heavy (non-hydrogen) atoms. The van der Waals surface area contributed by atoms with Crippen molar-refractivity contribution in [1.82, 2.24) is 15.5 Å². The van der Waals surface area contributed by atoms with Gasteiger partial charge in [0, 0.05) is 6.04 Å². The molecule has 1 heterocycles. The number of carbonyl (C=O) groups is 1. The molecule has 140 valence electrons. The number of nitrogens with one attached hydrogen (secondary N) is 1. The van der Waals surface area contributed by atoms with Crippen molar-refractivity contribution in [2.24, 2.45) is 11.8 Å². The highest BCUT2D eigenvalue weighted by Gasteiger charge is 2.30. The molecule has 3 rings (SSSR count). The van der Waals surface area contributed by atoms with E-state index in [1.54, 1.807) is 18.2 Å². The molecule has 1 amide bonds. The van der Waals surface area contributed by atoms with Crippen LogP contribution >= 0.6 is 11.8 Å². The van der Waals surface area contributed by atoms with E-state index in [1.165, 1.54) is 24.2 Å². The molecule has 7 heteroatoms. The van der Waals surface area contributed by atoms with E-state index in [1.807, 2.05) is 6.92 Å². The minimum absolute atomic E-state index is 0.0356. The summed E-state index contributed by atoms with van der Waals surface area (Å²) in [6, 6.07) is 6.45. The largest absolute Gasteiger partial charge is 0.411 e. The van der Waals surface area contributed by atoms with Gasteiger partial charge in [-0.2, -0.15) is 0 Å². The number of aromatic nitrogens is 2. The molecular weight excluding hydrogens is 353 g/mol. The predicted octanol–water partition coefficient (Wildman–Crippen LogP) is 4.30. The van der Waals surface area contributed by atoms with Gasteiger partial charge in [-0.15, -0.1) is 10.2 Å². The number of nitrogens with zero attached hydrogens (tertiary/aromatic N) is 2. The molecule has 1 aromatic carbocycles. The molecule has 1 fully saturated rings. The van der Waals surface area contributed by atoms with Gasteiger partial charge in [0.15, 0.2) is 0 Å². The Balaban J connectivity index is 1.60. The van der Waals surface area contributed by atoms with E-state index in [9.17, 15) is 9.18 Å². The third-order valence-electron chi connectivity index (χ3n) is 5.19. The van der Waals surface area contributed by atoms with Crippen LogP contribution in [0.1, 0.15) is 40.0 Å². The Labute approximate surface area is 157 Å². The van der Waals surface area contributed by atoms with E-state index in [4.69, 9.17) is 4.42 Å². The number of thioether (sulfide) groups is 1. The first-order valence-electron chi connectivity index (χ1n) is 9.01. The van der Waals surface area contributed by atoms with Crippen LogP contribution in [0, 0.1) is 17.7 Å². The molecule has 1 aliphatic rings. The first-order valence-corrected chi connectivity index (χ1v) is 9.89. The Hall–Kier alpha value is -1.89. The molecule has 4 atom stereocenters. The maximum Gasteiger partial charge on any atom is 0.277 e. The van der Waals surface area contributed by atoms with Crippen LogP contribution in [-0.4, -0.2) is 27.4 Å². The van der Waals surface area contributed by atoms with Crippen LogP contribution in [0.25, 0.3) is 11.5 Å². The minimum atomic E-state index is -0.418. The van der Waals surface area contributed by atoms with E-state index < -0.39 is 5.82 Å². The van der Waals surface area contributed by atoms with Crippen LogP contribution in [0.5, 0.6) is 0 Å². The highest BCUT2D eigenvalue weighted by atomic mass is 32.2. The van der Waals surface area contributed by atoms with Gasteiger partial charge in [-0.25, -0.2) is 4.39 Å². The second-order valence-electron chi connectivity index (χ2n) is 7.00. The van der Waals surface area contributed by atoms with Crippen LogP contribution in [0.4, 0.5) is 4.39 Å². The Morgan fingerprint density at radius 2 is 2.08 bits per heavy atom. The lowest BCUT2D eigenvalue weighted by molar-refractivity contribution is -0.121. The van der Waals surface area contributed by atoms with Crippen molar-refractivity contribution in [3.8, 4) is 11.5 Å². The molecule has 1 aromatic heterocycles. The highest BCUT2D eigenvalue weighted by molar-refractivity contribution is 8.00. The molecule has 0 radical (unpaired) electrons. The van der Waals surface area contributed by atoms with Crippen molar-refractivity contribution in [2.75, 3.05) is 0 Å². The fraction of sp³-hybridized carbons (Fsp3) is 0.526. The molecule has 1 aliphatic carbocycles. The smallest absolute Gasteiger partial charge is 0.277 e. The molecule has 0 saturated heterocycles. The van der Waals surface area contributed by atoms with Crippen molar-refractivity contribution in [2.45, 2.75) is 56.5 Å². The van der Waals surface area contributed by atoms with Crippen LogP contribution in [0.2, 0.25) is 0 Å². The Bertz CT molecular complexity index is 767. The summed E-state index contributed by atoms with van der Waals surface area (Å²) in [5, 5.41) is 10.9. The summed E-state index contributed by atoms with van der Waals surface area (Å²) in [6.45, 7) is 6.25. The van der Waals surface area contributed by atoms with Crippen molar-refractivity contribution in [1.29, 1.82) is 0 Å². The minimum Gasteiger partial charge on any atom is -0.411 e. The lowest BCUT2D eigenvalue weighted by atomic mass is 9.78. The number of carbonyl (C=O) groups excluding carboxylic acids is 1. The third-order valence-corrected chi connectivity index (χ3v) is 6.13. The van der Waals surface area contributed by atoms with E-state index in [-0.39, 0.29) is 33.9 Å². The summed E-state index contributed by atoms with van der Waals surface area (Å²) in [7, 11) is 0. The number of hydrogen-bond donors (Lipinski definition) is 1. The summed E-state index contributed by atoms with van der Waals surface area (Å²) in [5.41, 5.74) is 0.258. The molecule has 0 bridgehead atoms. The number of rotatable bonds is 5. The Morgan fingerprint density at radius 3 is 2.85 bits per heavy atom. The summed E-state index contributed by atoms with van der Waals surface area (Å²) in [6.07, 6.45) is 3.39. The van der Waals surface area contributed by atoms with Crippen LogP contribution in [-0.2, 0) is 4.79 Å². The quantitative estimate of drug-likeness (QED) is 0.787. The third kappa shape index (κ3) is 4.26. The average molecular weight is 377 g/mol. The highest BCUT2D eigenvalue weighted by Crippen LogP contribution is 2.31. The predicted molar refractivity (Wildman–Crippen MR) is 99.1 cm³/mol. The summed E-state index contributed by atoms with van der Waals surface area (Å²) >= 11 is 1.19. The van der Waals surface area contributed by atoms with Crippen molar-refractivity contribution < 1.29 is 13.6 Å². The van der Waals surface area contributed by atoms with Crippen LogP contribution in [0.15, 0.2) is 33.9 Å². The van der Waals surface area contributed by atoms with Crippen LogP contribution < -0.4 is 5.32 Å².